The maximum absolute atomic E-state index is 11.8. The first-order valence-electron chi connectivity index (χ1n) is 7.57. The number of hydrazone groups is 1. The molecule has 0 aliphatic rings. The van der Waals surface area contributed by atoms with Gasteiger partial charge in [-0.2, -0.15) is 5.10 Å². The Balaban J connectivity index is 1.94. The molecule has 0 aromatic heterocycles. The van der Waals surface area contributed by atoms with Crippen LogP contribution in [-0.4, -0.2) is 40.1 Å². The van der Waals surface area contributed by atoms with Crippen molar-refractivity contribution in [1.29, 1.82) is 0 Å². The van der Waals surface area contributed by atoms with Crippen molar-refractivity contribution >= 4 is 23.7 Å². The molecule has 2 rings (SSSR count). The van der Waals surface area contributed by atoms with E-state index in [1.165, 1.54) is 27.5 Å². The van der Waals surface area contributed by atoms with Crippen molar-refractivity contribution < 1.29 is 23.7 Å². The van der Waals surface area contributed by atoms with Crippen LogP contribution in [0.25, 0.3) is 0 Å². The van der Waals surface area contributed by atoms with Crippen molar-refractivity contribution in [3.05, 3.63) is 47.0 Å². The van der Waals surface area contributed by atoms with Gasteiger partial charge in [-0.1, -0.05) is 11.6 Å². The molecule has 0 aliphatic heterocycles. The van der Waals surface area contributed by atoms with Gasteiger partial charge in [0.05, 0.1) is 27.5 Å². The van der Waals surface area contributed by atoms with Crippen LogP contribution in [0, 0.1) is 0 Å². The number of carbonyl (C=O) groups is 1. The van der Waals surface area contributed by atoms with Gasteiger partial charge in [-0.3, -0.25) is 4.79 Å². The van der Waals surface area contributed by atoms with Crippen LogP contribution in [0.2, 0.25) is 5.02 Å². The summed E-state index contributed by atoms with van der Waals surface area (Å²) in [7, 11) is 4.57. The van der Waals surface area contributed by atoms with Crippen molar-refractivity contribution in [3.8, 4) is 23.0 Å². The van der Waals surface area contributed by atoms with Gasteiger partial charge in [0.15, 0.2) is 18.1 Å². The summed E-state index contributed by atoms with van der Waals surface area (Å²) in [6.45, 7) is -0.172. The number of nitrogens with zero attached hydrogens (tertiary/aromatic N) is 1. The number of nitrogens with one attached hydrogen (secondary N) is 1. The molecule has 0 radical (unpaired) electrons. The number of ether oxygens (including phenoxy) is 4. The number of hydrogen-bond acceptors (Lipinski definition) is 6. The summed E-state index contributed by atoms with van der Waals surface area (Å²) in [5, 5.41) is 4.49. The molecule has 0 spiro atoms. The van der Waals surface area contributed by atoms with Crippen LogP contribution in [0.4, 0.5) is 0 Å². The van der Waals surface area contributed by atoms with Crippen molar-refractivity contribution in [3.63, 3.8) is 0 Å². The van der Waals surface area contributed by atoms with E-state index < -0.39 is 5.91 Å². The molecule has 0 heterocycles. The molecule has 0 aliphatic carbocycles. The minimum Gasteiger partial charge on any atom is -0.493 e. The quantitative estimate of drug-likeness (QED) is 0.564. The monoisotopic (exact) mass is 378 g/mol. The Hall–Kier alpha value is -2.93. The summed E-state index contributed by atoms with van der Waals surface area (Å²) in [5.74, 6) is 1.60. The molecule has 2 aromatic rings. The van der Waals surface area contributed by atoms with Crippen molar-refractivity contribution in [2.75, 3.05) is 27.9 Å². The molecule has 0 atom stereocenters. The highest BCUT2D eigenvalue weighted by atomic mass is 35.5. The molecule has 8 heteroatoms. The van der Waals surface area contributed by atoms with E-state index >= 15 is 0 Å². The van der Waals surface area contributed by atoms with Gasteiger partial charge >= 0.3 is 0 Å². The van der Waals surface area contributed by atoms with Crippen molar-refractivity contribution in [2.24, 2.45) is 5.10 Å². The second-order valence-electron chi connectivity index (χ2n) is 4.99. The van der Waals surface area contributed by atoms with E-state index in [2.05, 4.69) is 10.5 Å². The van der Waals surface area contributed by atoms with Gasteiger partial charge in [0.1, 0.15) is 5.75 Å². The van der Waals surface area contributed by atoms with Crippen LogP contribution in [-0.2, 0) is 4.79 Å². The van der Waals surface area contributed by atoms with Crippen LogP contribution in [0.5, 0.6) is 23.0 Å². The van der Waals surface area contributed by atoms with Gasteiger partial charge < -0.3 is 18.9 Å². The summed E-state index contributed by atoms with van der Waals surface area (Å²) in [5.41, 5.74) is 3.05. The van der Waals surface area contributed by atoms with E-state index in [-0.39, 0.29) is 6.61 Å². The number of rotatable bonds is 8. The maximum atomic E-state index is 11.8. The van der Waals surface area contributed by atoms with Gasteiger partial charge in [-0.25, -0.2) is 5.43 Å². The smallest absolute Gasteiger partial charge is 0.277 e. The molecule has 1 amide bonds. The third-order valence-electron chi connectivity index (χ3n) is 3.27. The Morgan fingerprint density at radius 1 is 1.08 bits per heavy atom. The molecule has 26 heavy (non-hydrogen) atoms. The lowest BCUT2D eigenvalue weighted by Crippen LogP contribution is -2.24. The highest BCUT2D eigenvalue weighted by molar-refractivity contribution is 6.30. The predicted molar refractivity (Wildman–Crippen MR) is 98.8 cm³/mol. The number of methoxy groups -OCH3 is 3. The van der Waals surface area contributed by atoms with E-state index in [9.17, 15) is 4.79 Å². The van der Waals surface area contributed by atoms with Crippen LogP contribution in [0.15, 0.2) is 41.5 Å². The second-order valence-corrected chi connectivity index (χ2v) is 5.43. The number of benzene rings is 2. The summed E-state index contributed by atoms with van der Waals surface area (Å²) in [4.78, 5) is 11.8. The maximum Gasteiger partial charge on any atom is 0.277 e. The highest BCUT2D eigenvalue weighted by Gasteiger charge is 2.12. The molecule has 0 saturated carbocycles. The van der Waals surface area contributed by atoms with Gasteiger partial charge in [0.25, 0.3) is 5.91 Å². The number of carbonyl (C=O) groups excluding carboxylic acids is 1. The average Bonchev–Trinajstić information content (AvgIpc) is 2.66. The Morgan fingerprint density at radius 3 is 2.23 bits per heavy atom. The SMILES string of the molecule is COc1cc(/C=N/NC(=O)COc2ccc(Cl)cc2)cc(OC)c1OC. The molecule has 2 aromatic carbocycles. The lowest BCUT2D eigenvalue weighted by atomic mass is 10.2. The Kier molecular flexibility index (Phi) is 7.11. The summed E-state index contributed by atoms with van der Waals surface area (Å²) in [6.07, 6.45) is 1.46. The minimum atomic E-state index is -0.399. The average molecular weight is 379 g/mol. The zero-order chi connectivity index (χ0) is 18.9. The minimum absolute atomic E-state index is 0.172. The normalized spacial score (nSPS) is 10.5. The largest absolute Gasteiger partial charge is 0.493 e. The zero-order valence-corrected chi connectivity index (χ0v) is 15.4. The fourth-order valence-electron chi connectivity index (χ4n) is 2.07. The predicted octanol–water partition coefficient (Wildman–Crippen LogP) is 2.89. The number of halogens is 1. The van der Waals surface area contributed by atoms with Crippen LogP contribution in [0.3, 0.4) is 0 Å². The Bertz CT molecular complexity index is 753. The number of amides is 1. The molecule has 0 bridgehead atoms. The molecular weight excluding hydrogens is 360 g/mol. The molecule has 0 saturated heterocycles. The fraction of sp³-hybridized carbons (Fsp3) is 0.222. The Morgan fingerprint density at radius 2 is 1.69 bits per heavy atom. The molecular formula is C18H19ClN2O5. The first kappa shape index (κ1) is 19.4. The van der Waals surface area contributed by atoms with Crippen molar-refractivity contribution in [1.82, 2.24) is 5.43 Å². The number of hydrogen-bond donors (Lipinski definition) is 1. The molecule has 7 nitrogen and oxygen atoms in total. The van der Waals surface area contributed by atoms with Gasteiger partial charge in [0, 0.05) is 10.6 Å². The van der Waals surface area contributed by atoms with Crippen LogP contribution in [0.1, 0.15) is 5.56 Å². The van der Waals surface area contributed by atoms with Crippen LogP contribution >= 0.6 is 11.6 Å². The van der Waals surface area contributed by atoms with E-state index in [1.54, 1.807) is 36.4 Å². The van der Waals surface area contributed by atoms with E-state index in [1.807, 2.05) is 0 Å². The van der Waals surface area contributed by atoms with Gasteiger partial charge in [-0.05, 0) is 36.4 Å². The second kappa shape index (κ2) is 9.53. The lowest BCUT2D eigenvalue weighted by Gasteiger charge is -2.12. The molecule has 138 valence electrons. The molecule has 0 unspecified atom stereocenters. The van der Waals surface area contributed by atoms with E-state index in [4.69, 9.17) is 30.5 Å². The summed E-state index contributed by atoms with van der Waals surface area (Å²) >= 11 is 5.78. The summed E-state index contributed by atoms with van der Waals surface area (Å²) in [6, 6.07) is 10.1. The Labute approximate surface area is 156 Å². The third-order valence-corrected chi connectivity index (χ3v) is 3.53. The molecule has 1 N–H and O–H groups in total. The highest BCUT2D eigenvalue weighted by Crippen LogP contribution is 2.37. The summed E-state index contributed by atoms with van der Waals surface area (Å²) < 4.78 is 21.1. The third kappa shape index (κ3) is 5.29. The van der Waals surface area contributed by atoms with Gasteiger partial charge in [-0.15, -0.1) is 0 Å². The first-order chi connectivity index (χ1) is 12.6. The van der Waals surface area contributed by atoms with Crippen LogP contribution < -0.4 is 24.4 Å². The van der Waals surface area contributed by atoms with Gasteiger partial charge in [0.2, 0.25) is 5.75 Å². The van der Waals surface area contributed by atoms with E-state index in [0.29, 0.717) is 33.6 Å². The zero-order valence-electron chi connectivity index (χ0n) is 14.6. The molecule has 0 fully saturated rings. The van der Waals surface area contributed by atoms with Crippen molar-refractivity contribution in [2.45, 2.75) is 0 Å². The topological polar surface area (TPSA) is 78.4 Å². The standard InChI is InChI=1S/C18H19ClN2O5/c1-23-15-8-12(9-16(24-2)18(15)25-3)10-20-21-17(22)11-26-14-6-4-13(19)5-7-14/h4-10H,11H2,1-3H3,(H,21,22)/b20-10+. The fourth-order valence-corrected chi connectivity index (χ4v) is 2.19. The first-order valence-corrected chi connectivity index (χ1v) is 7.95. The lowest BCUT2D eigenvalue weighted by molar-refractivity contribution is -0.123. The van der Waals surface area contributed by atoms with E-state index in [0.717, 1.165) is 0 Å².